The summed E-state index contributed by atoms with van der Waals surface area (Å²) in [5.41, 5.74) is 2.41. The maximum Gasteiger partial charge on any atom is 0.325 e. The van der Waals surface area contributed by atoms with Crippen LogP contribution in [0.2, 0.25) is 5.02 Å². The van der Waals surface area contributed by atoms with Gasteiger partial charge in [-0.25, -0.2) is 9.18 Å². The molecule has 3 amide bonds. The van der Waals surface area contributed by atoms with E-state index < -0.39 is 12.1 Å². The van der Waals surface area contributed by atoms with E-state index in [0.717, 1.165) is 21.4 Å². The van der Waals surface area contributed by atoms with Crippen molar-refractivity contribution in [1.29, 1.82) is 0 Å². The summed E-state index contributed by atoms with van der Waals surface area (Å²) >= 11 is 6.16. The number of carbonyl (C=O) groups excluding carboxylic acids is 2. The van der Waals surface area contributed by atoms with Gasteiger partial charge >= 0.3 is 6.03 Å². The third-order valence-corrected chi connectivity index (χ3v) is 4.85. The average molecular weight is 388 g/mol. The summed E-state index contributed by atoms with van der Waals surface area (Å²) < 4.78 is 13.0. The van der Waals surface area contributed by atoms with Crippen LogP contribution >= 0.6 is 11.6 Å². The van der Waals surface area contributed by atoms with Crippen LogP contribution in [0.25, 0.3) is 10.9 Å². The van der Waals surface area contributed by atoms with Crippen molar-refractivity contribution in [2.75, 3.05) is 0 Å². The maximum atomic E-state index is 13.0. The normalized spacial score (nSPS) is 16.5. The molecule has 0 radical (unpaired) electrons. The lowest BCUT2D eigenvalue weighted by atomic mass is 10.0. The summed E-state index contributed by atoms with van der Waals surface area (Å²) in [6.07, 6.45) is 2.17. The van der Waals surface area contributed by atoms with Crippen LogP contribution in [0.4, 0.5) is 9.18 Å². The van der Waals surface area contributed by atoms with E-state index in [1.807, 2.05) is 12.1 Å². The third kappa shape index (κ3) is 3.53. The molecule has 1 aromatic heterocycles. The van der Waals surface area contributed by atoms with E-state index in [1.54, 1.807) is 24.4 Å². The molecule has 1 aliphatic heterocycles. The minimum atomic E-state index is -0.638. The molecule has 0 aliphatic carbocycles. The van der Waals surface area contributed by atoms with Crippen molar-refractivity contribution in [3.8, 4) is 0 Å². The fourth-order valence-electron chi connectivity index (χ4n) is 3.20. The van der Waals surface area contributed by atoms with Crippen LogP contribution in [-0.2, 0) is 17.8 Å². The number of amides is 3. The summed E-state index contributed by atoms with van der Waals surface area (Å²) in [6.45, 7) is 0.112. The van der Waals surface area contributed by atoms with E-state index >= 15 is 0 Å². The minimum Gasteiger partial charge on any atom is -0.360 e. The first-order valence-corrected chi connectivity index (χ1v) is 8.51. The molecule has 2 aromatic carbocycles. The van der Waals surface area contributed by atoms with Gasteiger partial charge in [0.2, 0.25) is 0 Å². The number of nitrogens with zero attached hydrogens (tertiary/aromatic N) is 1. The number of aromatic nitrogens is 1. The molecule has 0 unspecified atom stereocenters. The number of hydrogen-bond acceptors (Lipinski definition) is 2. The molecule has 4 rings (SSSR count). The topological polar surface area (TPSA) is 65.2 Å². The molecule has 2 N–H and O–H groups in total. The van der Waals surface area contributed by atoms with Crippen LogP contribution in [0, 0.1) is 5.82 Å². The standard InChI is InChI=1S/C19H15ClFN3O2.CH4/c20-15-3-1-2-14-12(9-22-17(14)15)8-16-18(25)24(19(26)23-16)10-11-4-6-13(21)7-5-11;/h1-7,9,16,22H,8,10H2,(H,23,26);1H4/t16-;/m1./s1. The van der Waals surface area contributed by atoms with Gasteiger partial charge in [0.05, 0.1) is 17.1 Å². The highest BCUT2D eigenvalue weighted by Crippen LogP contribution is 2.27. The molecule has 1 fully saturated rings. The van der Waals surface area contributed by atoms with Gasteiger partial charge in [-0.3, -0.25) is 9.69 Å². The molecule has 3 aromatic rings. The Hall–Kier alpha value is -2.86. The van der Waals surface area contributed by atoms with Crippen molar-refractivity contribution in [3.63, 3.8) is 0 Å². The van der Waals surface area contributed by atoms with E-state index in [1.165, 1.54) is 12.1 Å². The molecular formula is C20H19ClFN3O2. The van der Waals surface area contributed by atoms with Gasteiger partial charge in [-0.1, -0.05) is 43.3 Å². The molecule has 0 spiro atoms. The van der Waals surface area contributed by atoms with E-state index in [9.17, 15) is 14.0 Å². The van der Waals surface area contributed by atoms with Gasteiger partial charge < -0.3 is 10.3 Å². The lowest BCUT2D eigenvalue weighted by Crippen LogP contribution is -2.32. The quantitative estimate of drug-likeness (QED) is 0.657. The first-order chi connectivity index (χ1) is 12.5. The Kier molecular flexibility index (Phi) is 5.19. The molecule has 1 saturated heterocycles. The fourth-order valence-corrected chi connectivity index (χ4v) is 3.43. The van der Waals surface area contributed by atoms with Crippen LogP contribution in [0.1, 0.15) is 18.6 Å². The van der Waals surface area contributed by atoms with Gasteiger partial charge in [-0.15, -0.1) is 0 Å². The van der Waals surface area contributed by atoms with Crippen LogP contribution in [0.3, 0.4) is 0 Å². The van der Waals surface area contributed by atoms with E-state index in [4.69, 9.17) is 11.6 Å². The number of halogens is 2. The summed E-state index contributed by atoms with van der Waals surface area (Å²) in [4.78, 5) is 29.1. The summed E-state index contributed by atoms with van der Waals surface area (Å²) in [6, 6.07) is 10.2. The molecule has 2 heterocycles. The molecule has 1 atom stereocenters. The summed E-state index contributed by atoms with van der Waals surface area (Å²) in [5.74, 6) is -0.655. The van der Waals surface area contributed by atoms with Crippen LogP contribution in [0.15, 0.2) is 48.7 Å². The predicted molar refractivity (Wildman–Crippen MR) is 103 cm³/mol. The Labute approximate surface area is 161 Å². The van der Waals surface area contributed by atoms with Gasteiger partial charge in [0.25, 0.3) is 5.91 Å². The van der Waals surface area contributed by atoms with Crippen LogP contribution in [0.5, 0.6) is 0 Å². The highest BCUT2D eigenvalue weighted by molar-refractivity contribution is 6.35. The number of para-hydroxylation sites is 1. The Morgan fingerprint density at radius 3 is 2.59 bits per heavy atom. The number of fused-ring (bicyclic) bond motifs is 1. The Balaban J connectivity index is 0.00000210. The first-order valence-electron chi connectivity index (χ1n) is 8.14. The smallest absolute Gasteiger partial charge is 0.325 e. The molecule has 5 nitrogen and oxygen atoms in total. The zero-order chi connectivity index (χ0) is 18.3. The molecule has 1 aliphatic rings. The van der Waals surface area contributed by atoms with Gasteiger partial charge in [0.1, 0.15) is 11.9 Å². The number of urea groups is 1. The number of H-pyrrole nitrogens is 1. The number of imide groups is 1. The van der Waals surface area contributed by atoms with E-state index in [-0.39, 0.29) is 25.7 Å². The second-order valence-corrected chi connectivity index (χ2v) is 6.64. The molecule has 27 heavy (non-hydrogen) atoms. The van der Waals surface area contributed by atoms with Crippen molar-refractivity contribution < 1.29 is 14.0 Å². The number of nitrogens with one attached hydrogen (secondary N) is 2. The van der Waals surface area contributed by atoms with Crippen molar-refractivity contribution in [2.24, 2.45) is 0 Å². The van der Waals surface area contributed by atoms with Crippen molar-refractivity contribution in [3.05, 3.63) is 70.6 Å². The zero-order valence-corrected chi connectivity index (χ0v) is 14.4. The first kappa shape index (κ1) is 18.9. The number of carbonyl (C=O) groups is 2. The highest BCUT2D eigenvalue weighted by atomic mass is 35.5. The number of hydrogen-bond donors (Lipinski definition) is 2. The van der Waals surface area contributed by atoms with Gasteiger partial charge in [-0.2, -0.15) is 0 Å². The van der Waals surface area contributed by atoms with Crippen molar-refractivity contribution >= 4 is 34.4 Å². The molecule has 7 heteroatoms. The third-order valence-electron chi connectivity index (χ3n) is 4.54. The van der Waals surface area contributed by atoms with Crippen molar-refractivity contribution in [1.82, 2.24) is 15.2 Å². The summed E-state index contributed by atoms with van der Waals surface area (Å²) in [5, 5.41) is 4.25. The van der Waals surface area contributed by atoms with Gasteiger partial charge in [0, 0.05) is 18.0 Å². The lowest BCUT2D eigenvalue weighted by molar-refractivity contribution is -0.127. The van der Waals surface area contributed by atoms with E-state index in [2.05, 4.69) is 10.3 Å². The van der Waals surface area contributed by atoms with Crippen molar-refractivity contribution in [2.45, 2.75) is 26.4 Å². The Morgan fingerprint density at radius 2 is 1.85 bits per heavy atom. The van der Waals surface area contributed by atoms with Crippen LogP contribution in [-0.4, -0.2) is 27.9 Å². The largest absolute Gasteiger partial charge is 0.360 e. The average Bonchev–Trinajstić information content (AvgIpc) is 3.15. The number of rotatable bonds is 4. The molecule has 0 bridgehead atoms. The number of aromatic amines is 1. The molecular weight excluding hydrogens is 369 g/mol. The Bertz CT molecular complexity index is 1000. The minimum absolute atomic E-state index is 0. The maximum absolute atomic E-state index is 13.0. The second-order valence-electron chi connectivity index (χ2n) is 6.23. The second kappa shape index (κ2) is 7.40. The number of benzene rings is 2. The fraction of sp³-hybridized carbons (Fsp3) is 0.200. The van der Waals surface area contributed by atoms with E-state index in [0.29, 0.717) is 17.0 Å². The lowest BCUT2D eigenvalue weighted by Gasteiger charge is -2.13. The van der Waals surface area contributed by atoms with Gasteiger partial charge in [0.15, 0.2) is 0 Å². The molecule has 0 saturated carbocycles. The SMILES string of the molecule is C.O=C1N[C@H](Cc2c[nH]c3c(Cl)cccc23)C(=O)N1Cc1ccc(F)cc1. The van der Waals surface area contributed by atoms with Crippen LogP contribution < -0.4 is 5.32 Å². The highest BCUT2D eigenvalue weighted by Gasteiger charge is 2.38. The summed E-state index contributed by atoms with van der Waals surface area (Å²) in [7, 11) is 0. The predicted octanol–water partition coefficient (Wildman–Crippen LogP) is 4.26. The molecule has 140 valence electrons. The zero-order valence-electron chi connectivity index (χ0n) is 13.6. The van der Waals surface area contributed by atoms with Gasteiger partial charge in [-0.05, 0) is 29.3 Å². The monoisotopic (exact) mass is 387 g/mol. The Morgan fingerprint density at radius 1 is 1.11 bits per heavy atom.